The highest BCUT2D eigenvalue weighted by molar-refractivity contribution is 14.1. The number of aromatic carboxylic acids is 1. The highest BCUT2D eigenvalue weighted by atomic mass is 127. The van der Waals surface area contributed by atoms with Crippen LogP contribution in [0.1, 0.15) is 10.4 Å². The lowest BCUT2D eigenvalue weighted by Crippen LogP contribution is -2.12. The molecule has 2 N–H and O–H groups in total. The number of carboxylic acid groups (broad SMARTS) is 1. The molecular formula is C11H6FIN2O4. The van der Waals surface area contributed by atoms with Crippen molar-refractivity contribution in [2.24, 2.45) is 0 Å². The fourth-order valence-corrected chi connectivity index (χ4v) is 1.70. The first-order valence-electron chi connectivity index (χ1n) is 4.93. The number of hydrogen-bond donors (Lipinski definition) is 2. The van der Waals surface area contributed by atoms with Gasteiger partial charge < -0.3 is 14.8 Å². The van der Waals surface area contributed by atoms with Crippen LogP contribution in [0.2, 0.25) is 0 Å². The van der Waals surface area contributed by atoms with E-state index < -0.39 is 17.3 Å². The number of rotatable bonds is 3. The van der Waals surface area contributed by atoms with E-state index >= 15 is 0 Å². The summed E-state index contributed by atoms with van der Waals surface area (Å²) in [7, 11) is 0. The molecule has 0 atom stereocenters. The Bertz CT molecular complexity index is 701. The van der Waals surface area contributed by atoms with E-state index in [1.807, 2.05) is 0 Å². The zero-order valence-electron chi connectivity index (χ0n) is 9.18. The summed E-state index contributed by atoms with van der Waals surface area (Å²) in [6, 6.07) is 3.00. The molecule has 0 bridgehead atoms. The second kappa shape index (κ2) is 5.34. The van der Waals surface area contributed by atoms with E-state index in [0.29, 0.717) is 0 Å². The Morgan fingerprint density at radius 3 is 2.89 bits per heavy atom. The van der Waals surface area contributed by atoms with Gasteiger partial charge in [0.05, 0.1) is 6.33 Å². The van der Waals surface area contributed by atoms with Crippen molar-refractivity contribution in [3.63, 3.8) is 0 Å². The van der Waals surface area contributed by atoms with Crippen molar-refractivity contribution < 1.29 is 19.0 Å². The molecule has 0 aliphatic carbocycles. The molecule has 98 valence electrons. The van der Waals surface area contributed by atoms with Crippen LogP contribution in [0, 0.1) is 9.39 Å². The smallest absolute Gasteiger partial charge is 0.339 e. The Kier molecular flexibility index (Phi) is 3.79. The van der Waals surface area contributed by atoms with Gasteiger partial charge in [0, 0.05) is 6.07 Å². The molecule has 0 saturated heterocycles. The number of nitrogens with one attached hydrogen (secondary N) is 1. The lowest BCUT2D eigenvalue weighted by Gasteiger charge is -2.08. The number of carboxylic acids is 1. The summed E-state index contributed by atoms with van der Waals surface area (Å²) in [6.45, 7) is 0. The highest BCUT2D eigenvalue weighted by Crippen LogP contribution is 2.26. The predicted octanol–water partition coefficient (Wildman–Crippen LogP) is 2.00. The molecular weight excluding hydrogens is 370 g/mol. The maximum Gasteiger partial charge on any atom is 0.339 e. The van der Waals surface area contributed by atoms with Crippen LogP contribution in [0.5, 0.6) is 11.6 Å². The fraction of sp³-hybridized carbons (Fsp3) is 0. The molecule has 1 heterocycles. The van der Waals surface area contributed by atoms with Gasteiger partial charge in [-0.05, 0) is 34.7 Å². The number of aromatic amines is 1. The number of H-pyrrole nitrogens is 1. The Morgan fingerprint density at radius 2 is 2.21 bits per heavy atom. The second-order valence-corrected chi connectivity index (χ2v) is 4.48. The van der Waals surface area contributed by atoms with Gasteiger partial charge in [-0.25, -0.2) is 14.2 Å². The highest BCUT2D eigenvalue weighted by Gasteiger charge is 2.15. The van der Waals surface area contributed by atoms with Gasteiger partial charge in [0.2, 0.25) is 5.88 Å². The molecule has 2 rings (SSSR count). The van der Waals surface area contributed by atoms with E-state index in [2.05, 4.69) is 9.97 Å². The summed E-state index contributed by atoms with van der Waals surface area (Å²) in [5.74, 6) is -2.23. The Labute approximate surface area is 119 Å². The first-order chi connectivity index (χ1) is 8.99. The van der Waals surface area contributed by atoms with Crippen molar-refractivity contribution in [2.45, 2.75) is 0 Å². The van der Waals surface area contributed by atoms with E-state index in [-0.39, 0.29) is 20.8 Å². The lowest BCUT2D eigenvalue weighted by molar-refractivity contribution is 0.0694. The topological polar surface area (TPSA) is 92.3 Å². The van der Waals surface area contributed by atoms with Gasteiger partial charge >= 0.3 is 5.97 Å². The minimum Gasteiger partial charge on any atom is -0.478 e. The molecule has 0 aliphatic heterocycles. The van der Waals surface area contributed by atoms with Crippen LogP contribution >= 0.6 is 22.6 Å². The molecule has 0 aliphatic rings. The van der Waals surface area contributed by atoms with Crippen LogP contribution in [0.4, 0.5) is 4.39 Å². The van der Waals surface area contributed by atoms with Gasteiger partial charge in [-0.3, -0.25) is 4.79 Å². The molecule has 1 aromatic carbocycles. The van der Waals surface area contributed by atoms with Crippen LogP contribution in [0.25, 0.3) is 0 Å². The SMILES string of the molecule is O=C(O)c1ccc(F)cc1Oc1nc[nH]c(=O)c1I. The Hall–Kier alpha value is -1.97. The van der Waals surface area contributed by atoms with Crippen LogP contribution in [0.15, 0.2) is 29.3 Å². The molecule has 0 amide bonds. The van der Waals surface area contributed by atoms with E-state index in [1.165, 1.54) is 0 Å². The minimum absolute atomic E-state index is 0.0857. The third-order valence-corrected chi connectivity index (χ3v) is 3.10. The molecule has 1 aromatic heterocycles. The average molecular weight is 376 g/mol. The number of halogens is 2. The lowest BCUT2D eigenvalue weighted by atomic mass is 10.2. The van der Waals surface area contributed by atoms with Gasteiger partial charge in [0.15, 0.2) is 0 Å². The second-order valence-electron chi connectivity index (χ2n) is 3.40. The van der Waals surface area contributed by atoms with E-state index in [9.17, 15) is 14.0 Å². The van der Waals surface area contributed by atoms with Crippen molar-refractivity contribution >= 4 is 28.6 Å². The van der Waals surface area contributed by atoms with E-state index in [0.717, 1.165) is 24.5 Å². The summed E-state index contributed by atoms with van der Waals surface area (Å²) in [5, 5.41) is 8.97. The van der Waals surface area contributed by atoms with Gasteiger partial charge in [-0.2, -0.15) is 0 Å². The molecule has 0 radical (unpaired) electrons. The Morgan fingerprint density at radius 1 is 1.47 bits per heavy atom. The zero-order chi connectivity index (χ0) is 14.0. The number of aromatic nitrogens is 2. The largest absolute Gasteiger partial charge is 0.478 e. The quantitative estimate of drug-likeness (QED) is 0.800. The van der Waals surface area contributed by atoms with Crippen molar-refractivity contribution in [3.8, 4) is 11.6 Å². The Balaban J connectivity index is 2.48. The van der Waals surface area contributed by atoms with Crippen LogP contribution in [-0.4, -0.2) is 21.0 Å². The maximum absolute atomic E-state index is 13.1. The summed E-state index contributed by atoms with van der Waals surface area (Å²) < 4.78 is 18.5. The number of hydrogen-bond acceptors (Lipinski definition) is 4. The first-order valence-corrected chi connectivity index (χ1v) is 6.01. The third-order valence-electron chi connectivity index (χ3n) is 2.15. The summed E-state index contributed by atoms with van der Waals surface area (Å²) in [6.07, 6.45) is 1.11. The normalized spacial score (nSPS) is 10.2. The van der Waals surface area contributed by atoms with Gasteiger partial charge in [0.1, 0.15) is 20.7 Å². The number of ether oxygens (including phenoxy) is 1. The van der Waals surface area contributed by atoms with Gasteiger partial charge in [-0.1, -0.05) is 0 Å². The average Bonchev–Trinajstić information content (AvgIpc) is 2.35. The summed E-state index contributed by atoms with van der Waals surface area (Å²) >= 11 is 1.70. The number of nitrogens with zero attached hydrogens (tertiary/aromatic N) is 1. The van der Waals surface area contributed by atoms with E-state index in [4.69, 9.17) is 9.84 Å². The van der Waals surface area contributed by atoms with Crippen molar-refractivity contribution in [2.75, 3.05) is 0 Å². The van der Waals surface area contributed by atoms with Crippen molar-refractivity contribution in [3.05, 3.63) is 49.8 Å². The summed E-state index contributed by atoms with van der Waals surface area (Å²) in [5.41, 5.74) is -0.654. The molecule has 19 heavy (non-hydrogen) atoms. The molecule has 6 nitrogen and oxygen atoms in total. The third kappa shape index (κ3) is 2.89. The van der Waals surface area contributed by atoms with Crippen LogP contribution in [-0.2, 0) is 0 Å². The molecule has 8 heteroatoms. The van der Waals surface area contributed by atoms with Crippen molar-refractivity contribution in [1.29, 1.82) is 0 Å². The van der Waals surface area contributed by atoms with Gasteiger partial charge in [-0.15, -0.1) is 0 Å². The van der Waals surface area contributed by atoms with E-state index in [1.54, 1.807) is 22.6 Å². The standard InChI is InChI=1S/C11H6FIN2O4/c12-5-1-2-6(11(17)18)7(3-5)19-10-8(13)9(16)14-4-15-10/h1-4H,(H,17,18)(H,14,15,16). The van der Waals surface area contributed by atoms with Crippen LogP contribution < -0.4 is 10.3 Å². The minimum atomic E-state index is -1.27. The number of benzene rings is 1. The molecule has 0 saturated carbocycles. The molecule has 2 aromatic rings. The predicted molar refractivity (Wildman–Crippen MR) is 71.0 cm³/mol. The molecule has 0 spiro atoms. The monoisotopic (exact) mass is 376 g/mol. The molecule has 0 fully saturated rings. The number of carbonyl (C=O) groups is 1. The van der Waals surface area contributed by atoms with Gasteiger partial charge in [0.25, 0.3) is 5.56 Å². The first kappa shape index (κ1) is 13.5. The zero-order valence-corrected chi connectivity index (χ0v) is 11.3. The summed E-state index contributed by atoms with van der Waals surface area (Å²) in [4.78, 5) is 28.4. The molecule has 0 unspecified atom stereocenters. The van der Waals surface area contributed by atoms with Crippen molar-refractivity contribution in [1.82, 2.24) is 9.97 Å². The maximum atomic E-state index is 13.1. The fourth-order valence-electron chi connectivity index (χ4n) is 1.30. The van der Waals surface area contributed by atoms with Crippen LogP contribution in [0.3, 0.4) is 0 Å².